The van der Waals surface area contributed by atoms with E-state index in [2.05, 4.69) is 46.4 Å². The molecule has 1 N–H and O–H groups in total. The Bertz CT molecular complexity index is 435. The van der Waals surface area contributed by atoms with Crippen LogP contribution in [0.2, 0.25) is 0 Å². The minimum atomic E-state index is 0.784. The molecule has 3 heteroatoms. The average Bonchev–Trinajstić information content (AvgIpc) is 2.49. The summed E-state index contributed by atoms with van der Waals surface area (Å²) in [5.74, 6) is 2.63. The maximum absolute atomic E-state index is 5.54. The zero-order valence-electron chi connectivity index (χ0n) is 13.3. The summed E-state index contributed by atoms with van der Waals surface area (Å²) < 4.78 is 6.69. The SMILES string of the molecule is CCCNCC1CCCCC1Cc1cc(Br)ccc1OC. The Morgan fingerprint density at radius 1 is 1.24 bits per heavy atom. The molecule has 0 aromatic heterocycles. The molecule has 1 fully saturated rings. The summed E-state index contributed by atoms with van der Waals surface area (Å²) >= 11 is 3.59. The van der Waals surface area contributed by atoms with E-state index < -0.39 is 0 Å². The molecule has 0 heterocycles. The number of methoxy groups -OCH3 is 1. The monoisotopic (exact) mass is 353 g/mol. The standard InChI is InChI=1S/C18H28BrNO/c1-3-10-20-13-15-7-5-4-6-14(15)11-16-12-17(19)8-9-18(16)21-2/h8-9,12,14-15,20H,3-7,10-11,13H2,1-2H3. The molecule has 2 rings (SSSR count). The molecule has 1 aromatic carbocycles. The first-order valence-electron chi connectivity index (χ1n) is 8.27. The quantitative estimate of drug-likeness (QED) is 0.710. The molecule has 0 amide bonds. The predicted molar refractivity (Wildman–Crippen MR) is 93.0 cm³/mol. The number of halogens is 1. The zero-order chi connectivity index (χ0) is 15.1. The second-order valence-electron chi connectivity index (χ2n) is 6.17. The van der Waals surface area contributed by atoms with Crippen LogP contribution in [0, 0.1) is 11.8 Å². The molecule has 118 valence electrons. The Kier molecular flexibility index (Phi) is 7.05. The molecule has 0 spiro atoms. The molecule has 2 nitrogen and oxygen atoms in total. The number of rotatable bonds is 7. The third-order valence-corrected chi connectivity index (χ3v) is 5.12. The van der Waals surface area contributed by atoms with Crippen LogP contribution in [0.3, 0.4) is 0 Å². The van der Waals surface area contributed by atoms with Crippen LogP contribution in [-0.2, 0) is 6.42 Å². The molecule has 21 heavy (non-hydrogen) atoms. The van der Waals surface area contributed by atoms with Crippen molar-refractivity contribution in [2.75, 3.05) is 20.2 Å². The Labute approximate surface area is 137 Å². The number of hydrogen-bond donors (Lipinski definition) is 1. The Morgan fingerprint density at radius 3 is 2.71 bits per heavy atom. The maximum Gasteiger partial charge on any atom is 0.122 e. The van der Waals surface area contributed by atoms with E-state index in [0.29, 0.717) is 0 Å². The first-order valence-corrected chi connectivity index (χ1v) is 9.07. The van der Waals surface area contributed by atoms with Crippen LogP contribution in [-0.4, -0.2) is 20.2 Å². The fraction of sp³-hybridized carbons (Fsp3) is 0.667. The van der Waals surface area contributed by atoms with Crippen molar-refractivity contribution in [3.05, 3.63) is 28.2 Å². The molecule has 1 aliphatic carbocycles. The molecule has 2 atom stereocenters. The van der Waals surface area contributed by atoms with Gasteiger partial charge in [-0.05, 0) is 74.4 Å². The van der Waals surface area contributed by atoms with E-state index in [0.717, 1.165) is 35.0 Å². The second-order valence-corrected chi connectivity index (χ2v) is 7.08. The minimum absolute atomic E-state index is 0.784. The Hall–Kier alpha value is -0.540. The molecule has 2 unspecified atom stereocenters. The van der Waals surface area contributed by atoms with Gasteiger partial charge in [-0.15, -0.1) is 0 Å². The fourth-order valence-electron chi connectivity index (χ4n) is 3.48. The summed E-state index contributed by atoms with van der Waals surface area (Å²) in [6, 6.07) is 6.36. The van der Waals surface area contributed by atoms with Gasteiger partial charge in [0.1, 0.15) is 5.75 Å². The predicted octanol–water partition coefficient (Wildman–Crippen LogP) is 4.81. The van der Waals surface area contributed by atoms with E-state index in [-0.39, 0.29) is 0 Å². The lowest BCUT2D eigenvalue weighted by atomic mass is 9.76. The van der Waals surface area contributed by atoms with E-state index in [9.17, 15) is 0 Å². The van der Waals surface area contributed by atoms with E-state index in [4.69, 9.17) is 4.74 Å². The topological polar surface area (TPSA) is 21.3 Å². The van der Waals surface area contributed by atoms with Crippen molar-refractivity contribution in [2.24, 2.45) is 11.8 Å². The van der Waals surface area contributed by atoms with Crippen molar-refractivity contribution in [3.8, 4) is 5.75 Å². The third kappa shape index (κ3) is 5.00. The number of nitrogens with one attached hydrogen (secondary N) is 1. The number of benzene rings is 1. The Morgan fingerprint density at radius 2 is 2.00 bits per heavy atom. The van der Waals surface area contributed by atoms with Gasteiger partial charge in [0.15, 0.2) is 0 Å². The van der Waals surface area contributed by atoms with Crippen LogP contribution in [0.1, 0.15) is 44.6 Å². The van der Waals surface area contributed by atoms with E-state index in [1.807, 2.05) is 0 Å². The molecule has 1 saturated carbocycles. The van der Waals surface area contributed by atoms with Gasteiger partial charge in [0.05, 0.1) is 7.11 Å². The van der Waals surface area contributed by atoms with Gasteiger partial charge in [0.25, 0.3) is 0 Å². The maximum atomic E-state index is 5.54. The second kappa shape index (κ2) is 8.79. The molecule has 0 bridgehead atoms. The van der Waals surface area contributed by atoms with Gasteiger partial charge in [-0.25, -0.2) is 0 Å². The summed E-state index contributed by atoms with van der Waals surface area (Å²) in [5, 5.41) is 3.62. The highest BCUT2D eigenvalue weighted by Gasteiger charge is 2.25. The summed E-state index contributed by atoms with van der Waals surface area (Å²) in [7, 11) is 1.77. The van der Waals surface area contributed by atoms with Crippen molar-refractivity contribution in [3.63, 3.8) is 0 Å². The Balaban J connectivity index is 2.02. The molecule has 1 aromatic rings. The first-order chi connectivity index (χ1) is 10.2. The molecule has 0 aliphatic heterocycles. The highest BCUT2D eigenvalue weighted by atomic mass is 79.9. The van der Waals surface area contributed by atoms with Crippen molar-refractivity contribution >= 4 is 15.9 Å². The molecule has 1 aliphatic rings. The fourth-order valence-corrected chi connectivity index (χ4v) is 3.88. The molecular weight excluding hydrogens is 326 g/mol. The van der Waals surface area contributed by atoms with Crippen molar-refractivity contribution in [1.82, 2.24) is 5.32 Å². The van der Waals surface area contributed by atoms with Gasteiger partial charge in [-0.2, -0.15) is 0 Å². The third-order valence-electron chi connectivity index (χ3n) is 4.62. The summed E-state index contributed by atoms with van der Waals surface area (Å²) in [4.78, 5) is 0. The van der Waals surface area contributed by atoms with Gasteiger partial charge in [-0.3, -0.25) is 0 Å². The van der Waals surface area contributed by atoms with Crippen molar-refractivity contribution in [1.29, 1.82) is 0 Å². The zero-order valence-corrected chi connectivity index (χ0v) is 14.9. The molecular formula is C18H28BrNO. The highest BCUT2D eigenvalue weighted by Crippen LogP contribution is 2.35. The van der Waals surface area contributed by atoms with Crippen molar-refractivity contribution < 1.29 is 4.74 Å². The first kappa shape index (κ1) is 16.8. The van der Waals surface area contributed by atoms with Crippen molar-refractivity contribution in [2.45, 2.75) is 45.4 Å². The van der Waals surface area contributed by atoms with Crippen LogP contribution < -0.4 is 10.1 Å². The van der Waals surface area contributed by atoms with Crippen LogP contribution in [0.15, 0.2) is 22.7 Å². The smallest absolute Gasteiger partial charge is 0.122 e. The minimum Gasteiger partial charge on any atom is -0.496 e. The van der Waals surface area contributed by atoms with Gasteiger partial charge in [0.2, 0.25) is 0 Å². The van der Waals surface area contributed by atoms with E-state index in [1.165, 1.54) is 44.2 Å². The lowest BCUT2D eigenvalue weighted by Crippen LogP contribution is -2.32. The lowest BCUT2D eigenvalue weighted by molar-refractivity contribution is 0.227. The lowest BCUT2D eigenvalue weighted by Gasteiger charge is -2.32. The number of ether oxygens (including phenoxy) is 1. The van der Waals surface area contributed by atoms with E-state index >= 15 is 0 Å². The van der Waals surface area contributed by atoms with Gasteiger partial charge < -0.3 is 10.1 Å². The van der Waals surface area contributed by atoms with Gasteiger partial charge in [-0.1, -0.05) is 35.7 Å². The normalized spacial score (nSPS) is 22.2. The van der Waals surface area contributed by atoms with Gasteiger partial charge in [0, 0.05) is 4.47 Å². The van der Waals surface area contributed by atoms with Gasteiger partial charge >= 0.3 is 0 Å². The number of hydrogen-bond acceptors (Lipinski definition) is 2. The summed E-state index contributed by atoms with van der Waals surface area (Å²) in [6.45, 7) is 4.55. The summed E-state index contributed by atoms with van der Waals surface area (Å²) in [5.41, 5.74) is 1.35. The van der Waals surface area contributed by atoms with Crippen LogP contribution in [0.5, 0.6) is 5.75 Å². The largest absolute Gasteiger partial charge is 0.496 e. The van der Waals surface area contributed by atoms with Crippen LogP contribution in [0.4, 0.5) is 0 Å². The highest BCUT2D eigenvalue weighted by molar-refractivity contribution is 9.10. The molecule has 0 saturated heterocycles. The van der Waals surface area contributed by atoms with Crippen LogP contribution in [0.25, 0.3) is 0 Å². The van der Waals surface area contributed by atoms with E-state index in [1.54, 1.807) is 7.11 Å². The summed E-state index contributed by atoms with van der Waals surface area (Å²) in [6.07, 6.45) is 7.86. The van der Waals surface area contributed by atoms with Crippen LogP contribution >= 0.6 is 15.9 Å². The average molecular weight is 354 g/mol. The molecule has 0 radical (unpaired) electrons.